The Kier molecular flexibility index (Phi) is 5.66. The fourth-order valence-corrected chi connectivity index (χ4v) is 1.29. The van der Waals surface area contributed by atoms with Gasteiger partial charge in [-0.15, -0.1) is 0 Å². The Morgan fingerprint density at radius 3 is 2.73 bits per heavy atom. The maximum absolute atomic E-state index is 11.1. The van der Waals surface area contributed by atoms with E-state index in [0.717, 1.165) is 6.54 Å². The lowest BCUT2D eigenvalue weighted by Crippen LogP contribution is -2.19. The number of rotatable bonds is 7. The number of carbonyl (C=O) groups excluding carboxylic acids is 1. The predicted molar refractivity (Wildman–Crippen MR) is 59.6 cm³/mol. The van der Waals surface area contributed by atoms with E-state index in [2.05, 4.69) is 17.4 Å². The second-order valence-electron chi connectivity index (χ2n) is 3.38. The molecule has 15 heavy (non-hydrogen) atoms. The van der Waals surface area contributed by atoms with Crippen LogP contribution in [0.3, 0.4) is 0 Å². The average molecular weight is 207 g/mol. The highest BCUT2D eigenvalue weighted by Gasteiger charge is 1.99. The van der Waals surface area contributed by atoms with E-state index < -0.39 is 0 Å². The van der Waals surface area contributed by atoms with Gasteiger partial charge in [0.25, 0.3) is 0 Å². The molecule has 0 amide bonds. The molecule has 82 valence electrons. The second kappa shape index (κ2) is 7.15. The lowest BCUT2D eigenvalue weighted by molar-refractivity contribution is -0.122. The van der Waals surface area contributed by atoms with Crippen LogP contribution in [0.25, 0.3) is 0 Å². The molecule has 0 atom stereocenters. The molecule has 0 bridgehead atoms. The summed E-state index contributed by atoms with van der Waals surface area (Å²) < 4.78 is 4.74. The molecular weight excluding hydrogens is 190 g/mol. The van der Waals surface area contributed by atoms with E-state index in [1.54, 1.807) is 0 Å². The maximum atomic E-state index is 11.1. The summed E-state index contributed by atoms with van der Waals surface area (Å²) in [5.74, 6) is 0.137. The molecule has 0 saturated carbocycles. The number of methoxy groups -OCH3 is 1. The fourth-order valence-electron chi connectivity index (χ4n) is 1.29. The van der Waals surface area contributed by atoms with E-state index in [-0.39, 0.29) is 12.4 Å². The van der Waals surface area contributed by atoms with Crippen LogP contribution in [0.2, 0.25) is 0 Å². The Hall–Kier alpha value is -1.19. The summed E-state index contributed by atoms with van der Waals surface area (Å²) in [6, 6.07) is 10.1. The zero-order valence-corrected chi connectivity index (χ0v) is 9.03. The third kappa shape index (κ3) is 5.30. The molecule has 0 aromatic heterocycles. The summed E-state index contributed by atoms with van der Waals surface area (Å²) >= 11 is 0. The molecule has 0 radical (unpaired) electrons. The fraction of sp³-hybridized carbons (Fsp3) is 0.417. The summed E-state index contributed by atoms with van der Waals surface area (Å²) in [6.07, 6.45) is 0.528. The molecule has 0 unspecified atom stereocenters. The van der Waals surface area contributed by atoms with Crippen LogP contribution < -0.4 is 5.32 Å². The summed E-state index contributed by atoms with van der Waals surface area (Å²) in [6.45, 7) is 1.73. The monoisotopic (exact) mass is 207 g/mol. The number of Topliss-reactive ketones (excluding diaryl/α,β-unsaturated/α-hetero) is 1. The van der Waals surface area contributed by atoms with Gasteiger partial charge in [-0.25, -0.2) is 0 Å². The second-order valence-corrected chi connectivity index (χ2v) is 3.38. The molecule has 1 aromatic carbocycles. The van der Waals surface area contributed by atoms with Gasteiger partial charge in [0.15, 0.2) is 5.78 Å². The summed E-state index contributed by atoms with van der Waals surface area (Å²) in [5.41, 5.74) is 1.23. The van der Waals surface area contributed by atoms with E-state index >= 15 is 0 Å². The van der Waals surface area contributed by atoms with Crippen molar-refractivity contribution in [3.8, 4) is 0 Å². The van der Waals surface area contributed by atoms with Gasteiger partial charge in [-0.05, 0) is 5.56 Å². The quantitative estimate of drug-likeness (QED) is 0.686. The standard InChI is InChI=1S/C12H17NO2/c1-15-10-12(14)7-8-13-9-11-5-3-2-4-6-11/h2-6,13H,7-10H2,1H3. The molecular formula is C12H17NO2. The van der Waals surface area contributed by atoms with Crippen LogP contribution in [0.15, 0.2) is 30.3 Å². The van der Waals surface area contributed by atoms with Crippen LogP contribution >= 0.6 is 0 Å². The summed E-state index contributed by atoms with van der Waals surface area (Å²) in [4.78, 5) is 11.1. The van der Waals surface area contributed by atoms with Gasteiger partial charge >= 0.3 is 0 Å². The molecule has 0 aliphatic carbocycles. The molecule has 0 fully saturated rings. The zero-order chi connectivity index (χ0) is 10.9. The van der Waals surface area contributed by atoms with E-state index in [0.29, 0.717) is 13.0 Å². The number of benzene rings is 1. The zero-order valence-electron chi connectivity index (χ0n) is 9.03. The first-order valence-corrected chi connectivity index (χ1v) is 5.08. The number of hydrogen-bond donors (Lipinski definition) is 1. The Morgan fingerprint density at radius 1 is 1.33 bits per heavy atom. The van der Waals surface area contributed by atoms with Gasteiger partial charge in [-0.3, -0.25) is 4.79 Å². The number of carbonyl (C=O) groups is 1. The molecule has 1 rings (SSSR count). The Morgan fingerprint density at radius 2 is 2.07 bits per heavy atom. The molecule has 0 aliphatic heterocycles. The normalized spacial score (nSPS) is 10.2. The lowest BCUT2D eigenvalue weighted by Gasteiger charge is -2.03. The first kappa shape index (κ1) is 11.9. The van der Waals surface area contributed by atoms with Crippen molar-refractivity contribution < 1.29 is 9.53 Å². The highest BCUT2D eigenvalue weighted by Crippen LogP contribution is 1.96. The van der Waals surface area contributed by atoms with Gasteiger partial charge < -0.3 is 10.1 Å². The minimum Gasteiger partial charge on any atom is -0.377 e. The SMILES string of the molecule is COCC(=O)CCNCc1ccccc1. The van der Waals surface area contributed by atoms with Crippen molar-refractivity contribution in [2.75, 3.05) is 20.3 Å². The molecule has 3 heteroatoms. The molecule has 1 N–H and O–H groups in total. The van der Waals surface area contributed by atoms with Crippen molar-refractivity contribution in [2.24, 2.45) is 0 Å². The number of hydrogen-bond acceptors (Lipinski definition) is 3. The average Bonchev–Trinajstić information content (AvgIpc) is 2.26. The predicted octanol–water partition coefficient (Wildman–Crippen LogP) is 1.38. The van der Waals surface area contributed by atoms with Crippen LogP contribution in [0, 0.1) is 0 Å². The Bertz CT molecular complexity index is 285. The summed E-state index contributed by atoms with van der Waals surface area (Å²) in [5, 5.41) is 3.21. The molecule has 0 spiro atoms. The van der Waals surface area contributed by atoms with Gasteiger partial charge in [0.1, 0.15) is 6.61 Å². The first-order chi connectivity index (χ1) is 7.33. The summed E-state index contributed by atoms with van der Waals surface area (Å²) in [7, 11) is 1.54. The minimum absolute atomic E-state index is 0.137. The third-order valence-corrected chi connectivity index (χ3v) is 2.06. The Labute approximate surface area is 90.4 Å². The van der Waals surface area contributed by atoms with Gasteiger partial charge in [-0.1, -0.05) is 30.3 Å². The third-order valence-electron chi connectivity index (χ3n) is 2.06. The van der Waals surface area contributed by atoms with Crippen LogP contribution in [0.5, 0.6) is 0 Å². The smallest absolute Gasteiger partial charge is 0.159 e. The Balaban J connectivity index is 2.10. The van der Waals surface area contributed by atoms with Crippen molar-refractivity contribution in [1.82, 2.24) is 5.32 Å². The molecule has 0 aliphatic rings. The van der Waals surface area contributed by atoms with Gasteiger partial charge in [0.05, 0.1) is 0 Å². The van der Waals surface area contributed by atoms with Gasteiger partial charge in [-0.2, -0.15) is 0 Å². The van der Waals surface area contributed by atoms with Gasteiger partial charge in [0, 0.05) is 26.6 Å². The molecule has 0 saturated heterocycles. The number of nitrogens with one attached hydrogen (secondary N) is 1. The topological polar surface area (TPSA) is 38.3 Å². The lowest BCUT2D eigenvalue weighted by atomic mass is 10.2. The van der Waals surface area contributed by atoms with E-state index in [9.17, 15) is 4.79 Å². The molecule has 1 aromatic rings. The maximum Gasteiger partial charge on any atom is 0.159 e. The van der Waals surface area contributed by atoms with Crippen molar-refractivity contribution in [1.29, 1.82) is 0 Å². The molecule has 0 heterocycles. The van der Waals surface area contributed by atoms with E-state index in [1.165, 1.54) is 12.7 Å². The molecule has 3 nitrogen and oxygen atoms in total. The first-order valence-electron chi connectivity index (χ1n) is 5.08. The van der Waals surface area contributed by atoms with E-state index in [1.807, 2.05) is 18.2 Å². The van der Waals surface area contributed by atoms with Crippen LogP contribution in [0.4, 0.5) is 0 Å². The highest BCUT2D eigenvalue weighted by atomic mass is 16.5. The van der Waals surface area contributed by atoms with Crippen LogP contribution in [-0.2, 0) is 16.1 Å². The largest absolute Gasteiger partial charge is 0.377 e. The highest BCUT2D eigenvalue weighted by molar-refractivity contribution is 5.79. The van der Waals surface area contributed by atoms with E-state index in [4.69, 9.17) is 4.74 Å². The van der Waals surface area contributed by atoms with Gasteiger partial charge in [0.2, 0.25) is 0 Å². The number of ketones is 1. The van der Waals surface area contributed by atoms with Crippen molar-refractivity contribution in [3.63, 3.8) is 0 Å². The number of ether oxygens (including phenoxy) is 1. The minimum atomic E-state index is 0.137. The van der Waals surface area contributed by atoms with Crippen LogP contribution in [-0.4, -0.2) is 26.0 Å². The van der Waals surface area contributed by atoms with Crippen LogP contribution in [0.1, 0.15) is 12.0 Å². The van der Waals surface area contributed by atoms with Crippen molar-refractivity contribution >= 4 is 5.78 Å². The van der Waals surface area contributed by atoms with Crippen molar-refractivity contribution in [2.45, 2.75) is 13.0 Å². The van der Waals surface area contributed by atoms with Crippen molar-refractivity contribution in [3.05, 3.63) is 35.9 Å².